The second-order valence-corrected chi connectivity index (χ2v) is 7.35. The first-order valence-corrected chi connectivity index (χ1v) is 8.38. The quantitative estimate of drug-likeness (QED) is 0.902. The fraction of sp³-hybridized carbons (Fsp3) is 0.417. The minimum absolute atomic E-state index is 0.0535. The summed E-state index contributed by atoms with van der Waals surface area (Å²) in [7, 11) is -3.68. The molecule has 1 heterocycles. The van der Waals surface area contributed by atoms with E-state index in [1.165, 1.54) is 4.90 Å². The van der Waals surface area contributed by atoms with Crippen molar-refractivity contribution in [1.29, 1.82) is 0 Å². The minimum Gasteiger partial charge on any atom is -0.341 e. The Balaban J connectivity index is 2.02. The van der Waals surface area contributed by atoms with Crippen LogP contribution >= 0.6 is 23.2 Å². The summed E-state index contributed by atoms with van der Waals surface area (Å²) in [5.41, 5.74) is 0.825. The first-order valence-electron chi connectivity index (χ1n) is 6.01. The zero-order valence-electron chi connectivity index (χ0n) is 10.6. The zero-order valence-corrected chi connectivity index (χ0v) is 12.9. The summed E-state index contributed by atoms with van der Waals surface area (Å²) in [6, 6.07) is 5.29. The van der Waals surface area contributed by atoms with Crippen molar-refractivity contribution in [2.75, 3.05) is 13.1 Å². The summed E-state index contributed by atoms with van der Waals surface area (Å²) in [6.07, 6.45) is 0.463. The van der Waals surface area contributed by atoms with Gasteiger partial charge in [-0.2, -0.15) is 0 Å². The first kappa shape index (κ1) is 15.6. The maximum Gasteiger partial charge on any atom is 0.224 e. The smallest absolute Gasteiger partial charge is 0.224 e. The van der Waals surface area contributed by atoms with Crippen molar-refractivity contribution in [3.05, 3.63) is 33.8 Å². The molecule has 0 saturated carbocycles. The zero-order chi connectivity index (χ0) is 14.9. The van der Waals surface area contributed by atoms with Crippen molar-refractivity contribution in [1.82, 2.24) is 4.90 Å². The average Bonchev–Trinajstić information content (AvgIpc) is 2.73. The number of benzene rings is 1. The van der Waals surface area contributed by atoms with Gasteiger partial charge in [0.05, 0.1) is 10.0 Å². The molecule has 1 aromatic rings. The maximum atomic E-state index is 11.8. The molecule has 1 aliphatic heterocycles. The molecule has 8 heteroatoms. The molecule has 0 spiro atoms. The fourth-order valence-corrected chi connectivity index (χ4v) is 3.35. The molecule has 1 unspecified atom stereocenters. The van der Waals surface area contributed by atoms with E-state index in [4.69, 9.17) is 28.3 Å². The number of rotatable bonds is 4. The third-order valence-electron chi connectivity index (χ3n) is 3.33. The number of hydrogen-bond acceptors (Lipinski definition) is 3. The molecule has 110 valence electrons. The van der Waals surface area contributed by atoms with Gasteiger partial charge in [-0.1, -0.05) is 35.3 Å². The number of halogens is 2. The van der Waals surface area contributed by atoms with Gasteiger partial charge in [0.15, 0.2) is 0 Å². The minimum atomic E-state index is -3.68. The van der Waals surface area contributed by atoms with Crippen LogP contribution in [0.5, 0.6) is 0 Å². The lowest BCUT2D eigenvalue weighted by Gasteiger charge is -2.16. The van der Waals surface area contributed by atoms with Crippen LogP contribution in [0.25, 0.3) is 0 Å². The predicted molar refractivity (Wildman–Crippen MR) is 78.3 cm³/mol. The third kappa shape index (κ3) is 3.44. The van der Waals surface area contributed by atoms with E-state index in [0.717, 1.165) is 5.56 Å². The molecule has 1 amide bonds. The van der Waals surface area contributed by atoms with Gasteiger partial charge in [-0.05, 0) is 18.1 Å². The van der Waals surface area contributed by atoms with Crippen LogP contribution in [0, 0.1) is 0 Å². The highest BCUT2D eigenvalue weighted by atomic mass is 35.5. The number of nitrogens with zero attached hydrogens (tertiary/aromatic N) is 1. The Morgan fingerprint density at radius 2 is 2.05 bits per heavy atom. The predicted octanol–water partition coefficient (Wildman–Crippen LogP) is 1.43. The summed E-state index contributed by atoms with van der Waals surface area (Å²) in [6.45, 7) is 0.529. The van der Waals surface area contributed by atoms with E-state index >= 15 is 0 Å². The molecule has 5 nitrogen and oxygen atoms in total. The van der Waals surface area contributed by atoms with Crippen molar-refractivity contribution in [3.63, 3.8) is 0 Å². The van der Waals surface area contributed by atoms with Gasteiger partial charge in [0.1, 0.15) is 5.25 Å². The van der Waals surface area contributed by atoms with Crippen LogP contribution in [0.3, 0.4) is 0 Å². The highest BCUT2D eigenvalue weighted by Gasteiger charge is 2.36. The first-order chi connectivity index (χ1) is 9.29. The molecular formula is C12H14Cl2N2O3S. The van der Waals surface area contributed by atoms with Crippen LogP contribution in [-0.2, 0) is 21.2 Å². The Hall–Kier alpha value is -0.820. The van der Waals surface area contributed by atoms with Crippen LogP contribution < -0.4 is 5.14 Å². The molecule has 1 aromatic carbocycles. The molecule has 2 rings (SSSR count). The fourth-order valence-electron chi connectivity index (χ4n) is 2.17. The Labute approximate surface area is 127 Å². The summed E-state index contributed by atoms with van der Waals surface area (Å²) in [4.78, 5) is 13.2. The van der Waals surface area contributed by atoms with Gasteiger partial charge in [-0.3, -0.25) is 4.79 Å². The molecule has 0 radical (unpaired) electrons. The SMILES string of the molecule is NS(=O)(=O)C1CC(=O)N(CCc2cccc(Cl)c2Cl)C1. The number of sulfonamides is 1. The number of likely N-dealkylation sites (tertiary alicyclic amines) is 1. The number of amides is 1. The normalized spacial score (nSPS) is 19.6. The van der Waals surface area contributed by atoms with Crippen molar-refractivity contribution in [3.8, 4) is 0 Å². The highest BCUT2D eigenvalue weighted by Crippen LogP contribution is 2.26. The average molecular weight is 337 g/mol. The molecule has 1 aliphatic rings. The van der Waals surface area contributed by atoms with Crippen LogP contribution in [0.4, 0.5) is 0 Å². The van der Waals surface area contributed by atoms with Gasteiger partial charge in [-0.25, -0.2) is 13.6 Å². The number of carbonyl (C=O) groups excluding carboxylic acids is 1. The highest BCUT2D eigenvalue weighted by molar-refractivity contribution is 7.89. The van der Waals surface area contributed by atoms with Crippen molar-refractivity contribution >= 4 is 39.1 Å². The van der Waals surface area contributed by atoms with E-state index < -0.39 is 15.3 Å². The van der Waals surface area contributed by atoms with Crippen molar-refractivity contribution in [2.24, 2.45) is 5.14 Å². The second kappa shape index (κ2) is 5.89. The summed E-state index contributed by atoms with van der Waals surface area (Å²) in [5.74, 6) is -0.206. The Morgan fingerprint density at radius 1 is 1.35 bits per heavy atom. The molecule has 20 heavy (non-hydrogen) atoms. The van der Waals surface area contributed by atoms with E-state index in [1.54, 1.807) is 12.1 Å². The number of hydrogen-bond donors (Lipinski definition) is 1. The molecule has 2 N–H and O–H groups in total. The van der Waals surface area contributed by atoms with Gasteiger partial charge < -0.3 is 4.90 Å². The standard InChI is InChI=1S/C12H14Cl2N2O3S/c13-10-3-1-2-8(12(10)14)4-5-16-7-9(6-11(16)17)20(15,18)19/h1-3,9H,4-7H2,(H2,15,18,19). The van der Waals surface area contributed by atoms with Gasteiger partial charge in [0.2, 0.25) is 15.9 Å². The number of primary sulfonamides is 1. The van der Waals surface area contributed by atoms with E-state index in [-0.39, 0.29) is 18.9 Å². The monoisotopic (exact) mass is 336 g/mol. The lowest BCUT2D eigenvalue weighted by molar-refractivity contribution is -0.127. The summed E-state index contributed by atoms with van der Waals surface area (Å²) >= 11 is 12.0. The molecule has 0 bridgehead atoms. The molecule has 1 atom stereocenters. The van der Waals surface area contributed by atoms with Crippen LogP contribution in [0.1, 0.15) is 12.0 Å². The number of carbonyl (C=O) groups is 1. The third-order valence-corrected chi connectivity index (χ3v) is 5.43. The van der Waals surface area contributed by atoms with Crippen molar-refractivity contribution in [2.45, 2.75) is 18.1 Å². The van der Waals surface area contributed by atoms with Gasteiger partial charge in [-0.15, -0.1) is 0 Å². The van der Waals surface area contributed by atoms with E-state index in [9.17, 15) is 13.2 Å². The summed E-state index contributed by atoms with van der Waals surface area (Å²) < 4.78 is 22.5. The molecule has 1 fully saturated rings. The number of nitrogens with two attached hydrogens (primary N) is 1. The van der Waals surface area contributed by atoms with E-state index in [2.05, 4.69) is 0 Å². The molecule has 0 aromatic heterocycles. The summed E-state index contributed by atoms with van der Waals surface area (Å²) in [5, 5.41) is 5.18. The van der Waals surface area contributed by atoms with Crippen LogP contribution in [0.2, 0.25) is 10.0 Å². The Bertz CT molecular complexity index is 634. The maximum absolute atomic E-state index is 11.8. The van der Waals surface area contributed by atoms with Gasteiger partial charge >= 0.3 is 0 Å². The van der Waals surface area contributed by atoms with Crippen LogP contribution in [-0.4, -0.2) is 37.6 Å². The molecule has 0 aliphatic carbocycles. The van der Waals surface area contributed by atoms with Gasteiger partial charge in [0.25, 0.3) is 0 Å². The van der Waals surface area contributed by atoms with E-state index in [1.807, 2.05) is 6.07 Å². The molecule has 1 saturated heterocycles. The largest absolute Gasteiger partial charge is 0.341 e. The lowest BCUT2D eigenvalue weighted by Crippen LogP contribution is -2.33. The molecular weight excluding hydrogens is 323 g/mol. The Morgan fingerprint density at radius 3 is 2.65 bits per heavy atom. The van der Waals surface area contributed by atoms with Gasteiger partial charge in [0, 0.05) is 19.5 Å². The lowest BCUT2D eigenvalue weighted by atomic mass is 10.1. The topological polar surface area (TPSA) is 80.5 Å². The van der Waals surface area contributed by atoms with Crippen LogP contribution in [0.15, 0.2) is 18.2 Å². The van der Waals surface area contributed by atoms with Crippen molar-refractivity contribution < 1.29 is 13.2 Å². The Kier molecular flexibility index (Phi) is 4.59. The van der Waals surface area contributed by atoms with E-state index in [0.29, 0.717) is 23.0 Å². The second-order valence-electron chi connectivity index (χ2n) is 4.72.